The Morgan fingerprint density at radius 1 is 1.03 bits per heavy atom. The number of hydrogen-bond donors (Lipinski definition) is 1. The molecule has 2 aromatic carbocycles. The SMILES string of the molecule is COc1ccc(CC(=O)N(Cc2ccc(Br)cc2)[C@H](C)C(=O)NC2CCCCC2)cc1. The summed E-state index contributed by atoms with van der Waals surface area (Å²) in [5, 5.41) is 3.17. The van der Waals surface area contributed by atoms with E-state index in [0.29, 0.717) is 6.54 Å². The fraction of sp³-hybridized carbons (Fsp3) is 0.440. The molecule has 0 unspecified atom stereocenters. The van der Waals surface area contributed by atoms with Crippen LogP contribution in [0.2, 0.25) is 0 Å². The van der Waals surface area contributed by atoms with Gasteiger partial charge in [-0.1, -0.05) is 59.5 Å². The summed E-state index contributed by atoms with van der Waals surface area (Å²) >= 11 is 3.45. The van der Waals surface area contributed by atoms with Gasteiger partial charge in [-0.05, 0) is 55.2 Å². The van der Waals surface area contributed by atoms with Crippen LogP contribution in [0.1, 0.15) is 50.2 Å². The molecule has 1 N–H and O–H groups in total. The summed E-state index contributed by atoms with van der Waals surface area (Å²) in [5.74, 6) is 0.606. The fourth-order valence-corrected chi connectivity index (χ4v) is 4.22. The molecule has 1 aliphatic rings. The molecule has 31 heavy (non-hydrogen) atoms. The Balaban J connectivity index is 1.74. The Morgan fingerprint density at radius 3 is 2.26 bits per heavy atom. The molecule has 0 spiro atoms. The molecule has 0 radical (unpaired) electrons. The molecule has 0 saturated heterocycles. The first-order valence-electron chi connectivity index (χ1n) is 10.9. The number of halogens is 1. The number of ether oxygens (including phenoxy) is 1. The van der Waals surface area contributed by atoms with Gasteiger partial charge < -0.3 is 15.0 Å². The second kappa shape index (κ2) is 11.3. The van der Waals surface area contributed by atoms with E-state index >= 15 is 0 Å². The van der Waals surface area contributed by atoms with Crippen molar-refractivity contribution in [3.8, 4) is 5.75 Å². The van der Waals surface area contributed by atoms with E-state index in [9.17, 15) is 9.59 Å². The lowest BCUT2D eigenvalue weighted by Crippen LogP contribution is -2.50. The number of hydrogen-bond acceptors (Lipinski definition) is 3. The van der Waals surface area contributed by atoms with Gasteiger partial charge in [0.1, 0.15) is 11.8 Å². The highest BCUT2D eigenvalue weighted by molar-refractivity contribution is 9.10. The maximum absolute atomic E-state index is 13.3. The normalized spacial score (nSPS) is 15.2. The van der Waals surface area contributed by atoms with E-state index in [1.165, 1.54) is 6.42 Å². The van der Waals surface area contributed by atoms with Crippen molar-refractivity contribution in [3.63, 3.8) is 0 Å². The van der Waals surface area contributed by atoms with Crippen LogP contribution >= 0.6 is 15.9 Å². The highest BCUT2D eigenvalue weighted by atomic mass is 79.9. The van der Waals surface area contributed by atoms with Crippen molar-refractivity contribution in [2.75, 3.05) is 7.11 Å². The van der Waals surface area contributed by atoms with Crippen LogP contribution in [-0.4, -0.2) is 35.9 Å². The van der Waals surface area contributed by atoms with Gasteiger partial charge in [-0.25, -0.2) is 0 Å². The third-order valence-electron chi connectivity index (χ3n) is 5.90. The maximum Gasteiger partial charge on any atom is 0.242 e. The van der Waals surface area contributed by atoms with Crippen molar-refractivity contribution in [2.24, 2.45) is 0 Å². The Morgan fingerprint density at radius 2 is 1.65 bits per heavy atom. The number of methoxy groups -OCH3 is 1. The van der Waals surface area contributed by atoms with Gasteiger partial charge in [0.15, 0.2) is 0 Å². The monoisotopic (exact) mass is 486 g/mol. The topological polar surface area (TPSA) is 58.6 Å². The molecule has 0 aromatic heterocycles. The number of benzene rings is 2. The number of rotatable bonds is 8. The Labute approximate surface area is 193 Å². The molecule has 2 aromatic rings. The molecular weight excluding hydrogens is 456 g/mol. The summed E-state index contributed by atoms with van der Waals surface area (Å²) in [6, 6.07) is 15.0. The number of amides is 2. The van der Waals surface area contributed by atoms with Crippen LogP contribution in [0, 0.1) is 0 Å². The Kier molecular flexibility index (Phi) is 8.52. The van der Waals surface area contributed by atoms with Gasteiger partial charge in [0.25, 0.3) is 0 Å². The van der Waals surface area contributed by atoms with Crippen LogP contribution in [0.4, 0.5) is 0 Å². The van der Waals surface area contributed by atoms with Gasteiger partial charge in [0.2, 0.25) is 11.8 Å². The molecule has 3 rings (SSSR count). The smallest absolute Gasteiger partial charge is 0.242 e. The van der Waals surface area contributed by atoms with Gasteiger partial charge in [0.05, 0.1) is 13.5 Å². The quantitative estimate of drug-likeness (QED) is 0.578. The van der Waals surface area contributed by atoms with E-state index in [1.807, 2.05) is 55.5 Å². The first kappa shape index (κ1) is 23.3. The number of nitrogens with zero attached hydrogens (tertiary/aromatic N) is 1. The molecule has 0 bridgehead atoms. The predicted octanol–water partition coefficient (Wildman–Crippen LogP) is 4.87. The summed E-state index contributed by atoms with van der Waals surface area (Å²) < 4.78 is 6.18. The molecule has 0 aliphatic heterocycles. The van der Waals surface area contributed by atoms with E-state index in [1.54, 1.807) is 12.0 Å². The molecule has 1 atom stereocenters. The van der Waals surface area contributed by atoms with E-state index in [-0.39, 0.29) is 24.3 Å². The second-order valence-electron chi connectivity index (χ2n) is 8.19. The molecule has 1 aliphatic carbocycles. The summed E-state index contributed by atoms with van der Waals surface area (Å²) in [6.07, 6.45) is 5.81. The first-order valence-corrected chi connectivity index (χ1v) is 11.7. The Bertz CT molecular complexity index is 861. The molecule has 1 fully saturated rings. The molecule has 5 nitrogen and oxygen atoms in total. The molecule has 166 valence electrons. The lowest BCUT2D eigenvalue weighted by atomic mass is 9.95. The first-order chi connectivity index (χ1) is 15.0. The van der Waals surface area contributed by atoms with E-state index in [2.05, 4.69) is 21.2 Å². The molecule has 2 amide bonds. The second-order valence-corrected chi connectivity index (χ2v) is 9.11. The fourth-order valence-electron chi connectivity index (χ4n) is 3.96. The highest BCUT2D eigenvalue weighted by Crippen LogP contribution is 2.20. The van der Waals surface area contributed by atoms with Crippen LogP contribution in [-0.2, 0) is 22.6 Å². The number of carbonyl (C=O) groups excluding carboxylic acids is 2. The average Bonchev–Trinajstić information content (AvgIpc) is 2.79. The summed E-state index contributed by atoms with van der Waals surface area (Å²) in [5.41, 5.74) is 1.88. The van der Waals surface area contributed by atoms with Crippen molar-refractivity contribution < 1.29 is 14.3 Å². The molecule has 1 saturated carbocycles. The van der Waals surface area contributed by atoms with Crippen LogP contribution in [0.5, 0.6) is 5.75 Å². The Hall–Kier alpha value is -2.34. The summed E-state index contributed by atoms with van der Waals surface area (Å²) in [7, 11) is 1.62. The minimum absolute atomic E-state index is 0.0700. The van der Waals surface area contributed by atoms with Gasteiger partial charge in [-0.15, -0.1) is 0 Å². The van der Waals surface area contributed by atoms with E-state index in [4.69, 9.17) is 4.74 Å². The average molecular weight is 487 g/mol. The summed E-state index contributed by atoms with van der Waals surface area (Å²) in [6.45, 7) is 2.21. The van der Waals surface area contributed by atoms with Gasteiger partial charge >= 0.3 is 0 Å². The predicted molar refractivity (Wildman–Crippen MR) is 126 cm³/mol. The molecule has 0 heterocycles. The van der Waals surface area contributed by atoms with Crippen molar-refractivity contribution in [2.45, 2.75) is 64.1 Å². The van der Waals surface area contributed by atoms with Gasteiger partial charge in [-0.2, -0.15) is 0 Å². The van der Waals surface area contributed by atoms with Crippen molar-refractivity contribution in [1.82, 2.24) is 10.2 Å². The number of carbonyl (C=O) groups is 2. The van der Waals surface area contributed by atoms with Crippen molar-refractivity contribution in [1.29, 1.82) is 0 Å². The zero-order chi connectivity index (χ0) is 22.2. The van der Waals surface area contributed by atoms with Crippen LogP contribution < -0.4 is 10.1 Å². The van der Waals surface area contributed by atoms with Crippen LogP contribution in [0.25, 0.3) is 0 Å². The maximum atomic E-state index is 13.3. The minimum atomic E-state index is -0.545. The standard InChI is InChI=1S/C25H31BrN2O3/c1-18(25(30)27-22-6-4-3-5-7-22)28(17-20-8-12-21(26)13-9-20)24(29)16-19-10-14-23(31-2)15-11-19/h8-15,18,22H,3-7,16-17H2,1-2H3,(H,27,30)/t18-/m1/s1. The van der Waals surface area contributed by atoms with Gasteiger partial charge in [-0.3, -0.25) is 9.59 Å². The summed E-state index contributed by atoms with van der Waals surface area (Å²) in [4.78, 5) is 28.0. The zero-order valence-electron chi connectivity index (χ0n) is 18.3. The van der Waals surface area contributed by atoms with Crippen molar-refractivity contribution >= 4 is 27.7 Å². The van der Waals surface area contributed by atoms with Crippen LogP contribution in [0.3, 0.4) is 0 Å². The largest absolute Gasteiger partial charge is 0.497 e. The third-order valence-corrected chi connectivity index (χ3v) is 6.43. The lowest BCUT2D eigenvalue weighted by Gasteiger charge is -2.31. The zero-order valence-corrected chi connectivity index (χ0v) is 19.9. The minimum Gasteiger partial charge on any atom is -0.497 e. The highest BCUT2D eigenvalue weighted by Gasteiger charge is 2.28. The third kappa shape index (κ3) is 6.82. The molecular formula is C25H31BrN2O3. The van der Waals surface area contributed by atoms with Gasteiger partial charge in [0, 0.05) is 17.1 Å². The van der Waals surface area contributed by atoms with E-state index in [0.717, 1.165) is 47.0 Å². The number of nitrogens with one attached hydrogen (secondary N) is 1. The molecule has 6 heteroatoms. The van der Waals surface area contributed by atoms with Crippen molar-refractivity contribution in [3.05, 3.63) is 64.1 Å². The lowest BCUT2D eigenvalue weighted by molar-refractivity contribution is -0.140. The van der Waals surface area contributed by atoms with Crippen LogP contribution in [0.15, 0.2) is 53.0 Å². The van der Waals surface area contributed by atoms with E-state index < -0.39 is 6.04 Å².